The third kappa shape index (κ3) is 3.87. The second-order valence-corrected chi connectivity index (χ2v) is 6.82. The molecular formula is C21H23NO4. The average molecular weight is 353 g/mol. The highest BCUT2D eigenvalue weighted by molar-refractivity contribution is 5.80. The number of rotatable bonds is 5. The molecule has 136 valence electrons. The summed E-state index contributed by atoms with van der Waals surface area (Å²) in [5.74, 6) is -1.16. The largest absolute Gasteiger partial charge is 0.483 e. The Kier molecular flexibility index (Phi) is 5.26. The number of carbonyl (C=O) groups excluding carboxylic acids is 1. The van der Waals surface area contributed by atoms with Gasteiger partial charge in [-0.2, -0.15) is 0 Å². The van der Waals surface area contributed by atoms with Gasteiger partial charge in [0.25, 0.3) is 5.91 Å². The van der Waals surface area contributed by atoms with Gasteiger partial charge in [0, 0.05) is 19.0 Å². The molecule has 1 saturated heterocycles. The number of aryl methyl sites for hydroxylation is 2. The van der Waals surface area contributed by atoms with Crippen molar-refractivity contribution in [1.29, 1.82) is 0 Å². The van der Waals surface area contributed by atoms with E-state index in [1.165, 1.54) is 0 Å². The van der Waals surface area contributed by atoms with Crippen molar-refractivity contribution in [2.24, 2.45) is 5.92 Å². The minimum Gasteiger partial charge on any atom is -0.483 e. The molecule has 1 heterocycles. The number of aliphatic carboxylic acids is 1. The van der Waals surface area contributed by atoms with Gasteiger partial charge >= 0.3 is 5.97 Å². The van der Waals surface area contributed by atoms with Crippen molar-refractivity contribution in [1.82, 2.24) is 4.90 Å². The van der Waals surface area contributed by atoms with Gasteiger partial charge in [-0.1, -0.05) is 42.5 Å². The second kappa shape index (κ2) is 7.60. The van der Waals surface area contributed by atoms with Crippen LogP contribution in [0.15, 0.2) is 48.5 Å². The molecule has 1 amide bonds. The van der Waals surface area contributed by atoms with Crippen LogP contribution in [0, 0.1) is 19.8 Å². The summed E-state index contributed by atoms with van der Waals surface area (Å²) in [5, 5.41) is 9.55. The molecular weight excluding hydrogens is 330 g/mol. The van der Waals surface area contributed by atoms with Crippen LogP contribution in [-0.2, 0) is 9.59 Å². The lowest BCUT2D eigenvalue weighted by Gasteiger charge is -2.17. The van der Waals surface area contributed by atoms with Gasteiger partial charge in [-0.3, -0.25) is 9.59 Å². The molecule has 2 unspecified atom stereocenters. The van der Waals surface area contributed by atoms with E-state index in [0.29, 0.717) is 12.3 Å². The molecule has 0 aromatic heterocycles. The maximum atomic E-state index is 12.6. The van der Waals surface area contributed by atoms with Gasteiger partial charge in [0.05, 0.1) is 5.92 Å². The van der Waals surface area contributed by atoms with Gasteiger partial charge in [0.15, 0.2) is 6.61 Å². The Morgan fingerprint density at radius 2 is 1.85 bits per heavy atom. The molecule has 2 aromatic carbocycles. The molecule has 5 nitrogen and oxygen atoms in total. The highest BCUT2D eigenvalue weighted by atomic mass is 16.5. The van der Waals surface area contributed by atoms with Gasteiger partial charge in [0.1, 0.15) is 5.75 Å². The molecule has 2 atom stereocenters. The third-order valence-electron chi connectivity index (χ3n) is 4.91. The molecule has 0 radical (unpaired) electrons. The van der Waals surface area contributed by atoms with Crippen LogP contribution >= 0.6 is 0 Å². The van der Waals surface area contributed by atoms with E-state index in [1.54, 1.807) is 4.90 Å². The van der Waals surface area contributed by atoms with E-state index in [4.69, 9.17) is 4.74 Å². The number of ether oxygens (including phenoxy) is 1. The Balaban J connectivity index is 1.68. The first-order valence-electron chi connectivity index (χ1n) is 8.71. The first kappa shape index (κ1) is 18.0. The second-order valence-electron chi connectivity index (χ2n) is 6.82. The lowest BCUT2D eigenvalue weighted by atomic mass is 9.89. The lowest BCUT2D eigenvalue weighted by molar-refractivity contribution is -0.142. The molecule has 0 saturated carbocycles. The van der Waals surface area contributed by atoms with Crippen LogP contribution in [0.2, 0.25) is 0 Å². The lowest BCUT2D eigenvalue weighted by Crippen LogP contribution is -2.34. The van der Waals surface area contributed by atoms with Crippen LogP contribution in [0.1, 0.15) is 22.6 Å². The SMILES string of the molecule is Cc1ccc(C)c(OCC(=O)N2CC(C(=O)O)C(c3ccccc3)C2)c1. The normalized spacial score (nSPS) is 19.4. The Labute approximate surface area is 153 Å². The van der Waals surface area contributed by atoms with E-state index in [2.05, 4.69) is 0 Å². The molecule has 0 spiro atoms. The van der Waals surface area contributed by atoms with Crippen LogP contribution in [0.3, 0.4) is 0 Å². The zero-order chi connectivity index (χ0) is 18.7. The predicted octanol–water partition coefficient (Wildman–Crippen LogP) is 3.01. The first-order chi connectivity index (χ1) is 12.5. The maximum Gasteiger partial charge on any atom is 0.308 e. The van der Waals surface area contributed by atoms with Gasteiger partial charge in [0.2, 0.25) is 0 Å². The number of carboxylic acids is 1. The van der Waals surface area contributed by atoms with E-state index in [-0.39, 0.29) is 25.0 Å². The molecule has 1 N–H and O–H groups in total. The number of carbonyl (C=O) groups is 2. The Bertz CT molecular complexity index is 803. The van der Waals surface area contributed by atoms with Crippen molar-refractivity contribution in [2.45, 2.75) is 19.8 Å². The summed E-state index contributed by atoms with van der Waals surface area (Å²) in [6.45, 7) is 4.43. The van der Waals surface area contributed by atoms with Crippen molar-refractivity contribution >= 4 is 11.9 Å². The van der Waals surface area contributed by atoms with Crippen LogP contribution in [0.25, 0.3) is 0 Å². The van der Waals surface area contributed by atoms with E-state index < -0.39 is 11.9 Å². The number of hydrogen-bond donors (Lipinski definition) is 1. The molecule has 2 aromatic rings. The highest BCUT2D eigenvalue weighted by Gasteiger charge is 2.40. The van der Waals surface area contributed by atoms with Crippen LogP contribution in [0.4, 0.5) is 0 Å². The molecule has 0 bridgehead atoms. The summed E-state index contributed by atoms with van der Waals surface area (Å²) in [6, 6.07) is 15.4. The Morgan fingerprint density at radius 3 is 2.54 bits per heavy atom. The third-order valence-corrected chi connectivity index (χ3v) is 4.91. The number of carboxylic acid groups (broad SMARTS) is 1. The summed E-state index contributed by atoms with van der Waals surface area (Å²) in [6.07, 6.45) is 0. The van der Waals surface area contributed by atoms with Crippen LogP contribution in [0.5, 0.6) is 5.75 Å². The number of benzene rings is 2. The number of amides is 1. The minimum absolute atomic E-state index is 0.0852. The van der Waals surface area contributed by atoms with E-state index in [1.807, 2.05) is 62.4 Å². The monoisotopic (exact) mass is 353 g/mol. The van der Waals surface area contributed by atoms with Crippen molar-refractivity contribution in [3.05, 3.63) is 65.2 Å². The Hall–Kier alpha value is -2.82. The summed E-state index contributed by atoms with van der Waals surface area (Å²) in [5.41, 5.74) is 2.98. The fourth-order valence-electron chi connectivity index (χ4n) is 3.39. The van der Waals surface area contributed by atoms with Crippen LogP contribution < -0.4 is 4.74 Å². The van der Waals surface area contributed by atoms with Crippen molar-refractivity contribution in [3.63, 3.8) is 0 Å². The summed E-state index contributed by atoms with van der Waals surface area (Å²) in [7, 11) is 0. The quantitative estimate of drug-likeness (QED) is 0.897. The first-order valence-corrected chi connectivity index (χ1v) is 8.71. The van der Waals surface area contributed by atoms with E-state index in [0.717, 1.165) is 16.7 Å². The van der Waals surface area contributed by atoms with Crippen molar-refractivity contribution in [2.75, 3.05) is 19.7 Å². The van der Waals surface area contributed by atoms with Gasteiger partial charge in [-0.25, -0.2) is 0 Å². The molecule has 0 aliphatic carbocycles. The highest BCUT2D eigenvalue weighted by Crippen LogP contribution is 2.33. The predicted molar refractivity (Wildman–Crippen MR) is 98.3 cm³/mol. The summed E-state index contributed by atoms with van der Waals surface area (Å²) < 4.78 is 5.69. The standard InChI is InChI=1S/C21H23NO4/c1-14-8-9-15(2)19(10-14)26-13-20(23)22-11-17(18(12-22)21(24)25)16-6-4-3-5-7-16/h3-10,17-18H,11-13H2,1-2H3,(H,24,25). The average Bonchev–Trinajstić information content (AvgIpc) is 3.09. The van der Waals surface area contributed by atoms with Gasteiger partial charge in [-0.05, 0) is 36.6 Å². The molecule has 1 aliphatic heterocycles. The smallest absolute Gasteiger partial charge is 0.308 e. The van der Waals surface area contributed by atoms with E-state index in [9.17, 15) is 14.7 Å². The Morgan fingerprint density at radius 1 is 1.12 bits per heavy atom. The maximum absolute atomic E-state index is 12.6. The molecule has 3 rings (SSSR count). The molecule has 26 heavy (non-hydrogen) atoms. The summed E-state index contributed by atoms with van der Waals surface area (Å²) >= 11 is 0. The van der Waals surface area contributed by atoms with Crippen LogP contribution in [-0.4, -0.2) is 41.6 Å². The number of likely N-dealkylation sites (tertiary alicyclic amines) is 1. The number of hydrogen-bond acceptors (Lipinski definition) is 3. The van der Waals surface area contributed by atoms with Gasteiger partial charge < -0.3 is 14.7 Å². The fourth-order valence-corrected chi connectivity index (χ4v) is 3.39. The van der Waals surface area contributed by atoms with Crippen molar-refractivity contribution in [3.8, 4) is 5.75 Å². The zero-order valence-electron chi connectivity index (χ0n) is 15.0. The minimum atomic E-state index is -0.871. The van der Waals surface area contributed by atoms with Gasteiger partial charge in [-0.15, -0.1) is 0 Å². The molecule has 5 heteroatoms. The fraction of sp³-hybridized carbons (Fsp3) is 0.333. The molecule has 1 fully saturated rings. The van der Waals surface area contributed by atoms with Crippen molar-refractivity contribution < 1.29 is 19.4 Å². The topological polar surface area (TPSA) is 66.8 Å². The number of nitrogens with zero attached hydrogens (tertiary/aromatic N) is 1. The summed E-state index contributed by atoms with van der Waals surface area (Å²) in [4.78, 5) is 25.8. The molecule has 1 aliphatic rings. The van der Waals surface area contributed by atoms with E-state index >= 15 is 0 Å². The zero-order valence-corrected chi connectivity index (χ0v) is 15.0.